The first-order valence-electron chi connectivity index (χ1n) is 10.3. The number of aliphatic carboxylic acids is 1. The summed E-state index contributed by atoms with van der Waals surface area (Å²) in [4.78, 5) is 24.9. The van der Waals surface area contributed by atoms with E-state index in [0.29, 0.717) is 22.0 Å². The van der Waals surface area contributed by atoms with Gasteiger partial charge in [-0.2, -0.15) is 0 Å². The van der Waals surface area contributed by atoms with Crippen LogP contribution < -0.4 is 0 Å². The van der Waals surface area contributed by atoms with E-state index in [2.05, 4.69) is 5.16 Å². The maximum absolute atomic E-state index is 15.2. The molecular formula is C25H18Cl3FN2O4. The van der Waals surface area contributed by atoms with E-state index in [1.54, 1.807) is 31.3 Å². The fourth-order valence-corrected chi connectivity index (χ4v) is 4.93. The second-order valence-electron chi connectivity index (χ2n) is 8.35. The third-order valence-electron chi connectivity index (χ3n) is 5.37. The van der Waals surface area contributed by atoms with E-state index in [0.717, 1.165) is 6.08 Å². The van der Waals surface area contributed by atoms with Crippen LogP contribution in [0.2, 0.25) is 15.1 Å². The Hall–Kier alpha value is -3.13. The molecule has 0 aliphatic rings. The lowest BCUT2D eigenvalue weighted by atomic mass is 9.98. The van der Waals surface area contributed by atoms with Gasteiger partial charge in [-0.3, -0.25) is 9.36 Å². The lowest BCUT2D eigenvalue weighted by Crippen LogP contribution is -2.18. The first-order valence-corrected chi connectivity index (χ1v) is 11.4. The number of rotatable bonds is 5. The van der Waals surface area contributed by atoms with E-state index in [4.69, 9.17) is 44.4 Å². The number of fused-ring (bicyclic) bond motifs is 1. The van der Waals surface area contributed by atoms with Gasteiger partial charge in [-0.05, 0) is 56.2 Å². The fraction of sp³-hybridized carbons (Fsp3) is 0.160. The second-order valence-corrected chi connectivity index (χ2v) is 9.60. The SMILES string of the molecule is Cc1cn(C(=O)c2c(-c3c(Cl)cc(Cl)cc3Cl)noc2C(C)(C)F)c2cccc(C=CC(=O)O)c12. The van der Waals surface area contributed by atoms with Crippen LogP contribution >= 0.6 is 34.8 Å². The Balaban J connectivity index is 1.98. The highest BCUT2D eigenvalue weighted by atomic mass is 35.5. The van der Waals surface area contributed by atoms with Gasteiger partial charge in [0.2, 0.25) is 0 Å². The molecule has 0 aliphatic heterocycles. The monoisotopic (exact) mass is 534 g/mol. The van der Waals surface area contributed by atoms with E-state index < -0.39 is 17.5 Å². The molecule has 10 heteroatoms. The molecule has 180 valence electrons. The summed E-state index contributed by atoms with van der Waals surface area (Å²) in [5, 5.41) is 14.2. The highest BCUT2D eigenvalue weighted by Crippen LogP contribution is 2.42. The number of alkyl halides is 1. The Morgan fingerprint density at radius 2 is 1.83 bits per heavy atom. The van der Waals surface area contributed by atoms with Crippen molar-refractivity contribution in [3.8, 4) is 11.3 Å². The third-order valence-corrected chi connectivity index (χ3v) is 6.18. The summed E-state index contributed by atoms with van der Waals surface area (Å²) in [6.45, 7) is 4.27. The maximum atomic E-state index is 15.2. The van der Waals surface area contributed by atoms with Crippen molar-refractivity contribution in [2.24, 2.45) is 0 Å². The quantitative estimate of drug-likeness (QED) is 0.267. The summed E-state index contributed by atoms with van der Waals surface area (Å²) >= 11 is 18.8. The Morgan fingerprint density at radius 1 is 1.17 bits per heavy atom. The number of benzene rings is 2. The van der Waals surface area contributed by atoms with Crippen molar-refractivity contribution in [3.63, 3.8) is 0 Å². The molecule has 0 atom stereocenters. The van der Waals surface area contributed by atoms with Crippen LogP contribution in [-0.4, -0.2) is 26.7 Å². The maximum Gasteiger partial charge on any atom is 0.328 e. The summed E-state index contributed by atoms with van der Waals surface area (Å²) in [6, 6.07) is 7.99. The molecular weight excluding hydrogens is 518 g/mol. The summed E-state index contributed by atoms with van der Waals surface area (Å²) < 4.78 is 21.8. The van der Waals surface area contributed by atoms with Gasteiger partial charge in [0.1, 0.15) is 11.3 Å². The van der Waals surface area contributed by atoms with E-state index >= 15 is 4.39 Å². The molecule has 0 spiro atoms. The van der Waals surface area contributed by atoms with E-state index in [1.807, 2.05) is 0 Å². The zero-order chi connectivity index (χ0) is 25.7. The molecule has 1 N–H and O–H groups in total. The van der Waals surface area contributed by atoms with Crippen LogP contribution in [0.25, 0.3) is 28.2 Å². The number of halogens is 4. The van der Waals surface area contributed by atoms with Crippen molar-refractivity contribution in [1.29, 1.82) is 0 Å². The smallest absolute Gasteiger partial charge is 0.328 e. The average molecular weight is 536 g/mol. The van der Waals surface area contributed by atoms with Gasteiger partial charge in [0.25, 0.3) is 5.91 Å². The molecule has 0 unspecified atom stereocenters. The van der Waals surface area contributed by atoms with Crippen LogP contribution in [-0.2, 0) is 10.5 Å². The number of hydrogen-bond donors (Lipinski definition) is 1. The molecule has 0 aliphatic carbocycles. The van der Waals surface area contributed by atoms with Crippen molar-refractivity contribution in [2.45, 2.75) is 26.4 Å². The molecule has 2 aromatic carbocycles. The van der Waals surface area contributed by atoms with E-state index in [9.17, 15) is 9.59 Å². The van der Waals surface area contributed by atoms with Gasteiger partial charge in [-0.1, -0.05) is 52.1 Å². The molecule has 2 heterocycles. The largest absolute Gasteiger partial charge is 0.478 e. The highest BCUT2D eigenvalue weighted by Gasteiger charge is 2.36. The van der Waals surface area contributed by atoms with Crippen LogP contribution in [0.4, 0.5) is 4.39 Å². The molecule has 0 radical (unpaired) electrons. The number of carboxylic acids is 1. The van der Waals surface area contributed by atoms with E-state index in [1.165, 1.54) is 36.6 Å². The molecule has 0 amide bonds. The van der Waals surface area contributed by atoms with Crippen LogP contribution in [0.3, 0.4) is 0 Å². The van der Waals surface area contributed by atoms with Crippen LogP contribution in [0, 0.1) is 6.92 Å². The Labute approximate surface area is 214 Å². The molecule has 2 aromatic heterocycles. The fourth-order valence-electron chi connectivity index (χ4n) is 3.94. The summed E-state index contributed by atoms with van der Waals surface area (Å²) in [5.74, 6) is -2.02. The topological polar surface area (TPSA) is 85.3 Å². The van der Waals surface area contributed by atoms with Gasteiger partial charge in [0, 0.05) is 28.2 Å². The lowest BCUT2D eigenvalue weighted by Gasteiger charge is -2.14. The summed E-state index contributed by atoms with van der Waals surface area (Å²) in [7, 11) is 0. The molecule has 0 saturated heterocycles. The standard InChI is InChI=1S/C25H18Cl3FN2O4/c1-12-11-31(17-6-4-5-13(19(12)17)7-8-18(32)33)24(34)21-22(30-35-23(21)25(2,3)29)20-15(27)9-14(26)10-16(20)28/h4-11H,1-3H3,(H,32,33). The van der Waals surface area contributed by atoms with Gasteiger partial charge in [0.05, 0.1) is 15.6 Å². The van der Waals surface area contributed by atoms with Crippen molar-refractivity contribution < 1.29 is 23.6 Å². The van der Waals surface area contributed by atoms with Crippen molar-refractivity contribution in [1.82, 2.24) is 9.72 Å². The highest BCUT2D eigenvalue weighted by molar-refractivity contribution is 6.42. The average Bonchev–Trinajstić information content (AvgIpc) is 3.33. The Kier molecular flexibility index (Phi) is 6.53. The number of carbonyl (C=O) groups excluding carboxylic acids is 1. The number of carboxylic acid groups (broad SMARTS) is 1. The predicted octanol–water partition coefficient (Wildman–Crippen LogP) is 7.56. The van der Waals surface area contributed by atoms with Gasteiger partial charge < -0.3 is 9.63 Å². The van der Waals surface area contributed by atoms with Crippen molar-refractivity contribution >= 4 is 63.7 Å². The summed E-state index contributed by atoms with van der Waals surface area (Å²) in [5.41, 5.74) is -0.248. The molecule has 0 saturated carbocycles. The van der Waals surface area contributed by atoms with Gasteiger partial charge in [0.15, 0.2) is 11.4 Å². The predicted molar refractivity (Wildman–Crippen MR) is 134 cm³/mol. The van der Waals surface area contributed by atoms with Crippen molar-refractivity contribution in [3.05, 3.63) is 80.1 Å². The first kappa shape index (κ1) is 25.0. The number of nitrogens with zero attached hydrogens (tertiary/aromatic N) is 2. The molecule has 35 heavy (non-hydrogen) atoms. The van der Waals surface area contributed by atoms with Crippen LogP contribution in [0.1, 0.15) is 41.1 Å². The first-order chi connectivity index (χ1) is 16.4. The Bertz CT molecular complexity index is 1510. The molecule has 0 bridgehead atoms. The third kappa shape index (κ3) is 4.59. The van der Waals surface area contributed by atoms with Gasteiger partial charge >= 0.3 is 5.97 Å². The number of aromatic nitrogens is 2. The van der Waals surface area contributed by atoms with Gasteiger partial charge in [-0.15, -0.1) is 0 Å². The molecule has 4 rings (SSSR count). The second kappa shape index (κ2) is 9.15. The minimum atomic E-state index is -2.06. The minimum Gasteiger partial charge on any atom is -0.478 e. The van der Waals surface area contributed by atoms with Crippen molar-refractivity contribution in [2.75, 3.05) is 0 Å². The molecule has 6 nitrogen and oxygen atoms in total. The lowest BCUT2D eigenvalue weighted by molar-refractivity contribution is -0.131. The van der Waals surface area contributed by atoms with Crippen LogP contribution in [0.15, 0.2) is 47.1 Å². The number of aryl methyl sites for hydroxylation is 1. The zero-order valence-electron chi connectivity index (χ0n) is 18.7. The summed E-state index contributed by atoms with van der Waals surface area (Å²) in [6.07, 6.45) is 4.04. The number of hydrogen-bond acceptors (Lipinski definition) is 4. The minimum absolute atomic E-state index is 0.0242. The van der Waals surface area contributed by atoms with Crippen LogP contribution in [0.5, 0.6) is 0 Å². The number of carbonyl (C=O) groups is 2. The zero-order valence-corrected chi connectivity index (χ0v) is 21.0. The Morgan fingerprint density at radius 3 is 2.43 bits per heavy atom. The normalized spacial score (nSPS) is 12.1. The molecule has 4 aromatic rings. The van der Waals surface area contributed by atoms with Gasteiger partial charge in [-0.25, -0.2) is 9.18 Å². The molecule has 0 fully saturated rings. The van der Waals surface area contributed by atoms with E-state index in [-0.39, 0.29) is 37.6 Å².